The summed E-state index contributed by atoms with van der Waals surface area (Å²) in [6.07, 6.45) is 0.844. The molecular weight excluding hydrogens is 430 g/mol. The van der Waals surface area contributed by atoms with Gasteiger partial charge in [-0.25, -0.2) is 0 Å². The number of aliphatic imine (C=N–C) groups is 1. The number of nitrogens with one attached hydrogen (secondary N) is 3. The van der Waals surface area contributed by atoms with E-state index in [2.05, 4.69) is 16.0 Å². The molecule has 2 heterocycles. The van der Waals surface area contributed by atoms with Crippen molar-refractivity contribution in [2.24, 2.45) is 10.9 Å². The summed E-state index contributed by atoms with van der Waals surface area (Å²) >= 11 is 11.0. The van der Waals surface area contributed by atoms with Gasteiger partial charge in [0.15, 0.2) is 29.1 Å². The summed E-state index contributed by atoms with van der Waals surface area (Å²) in [5.74, 6) is 0.549. The Hall–Kier alpha value is -2.19. The number of likely N-dealkylation sites (N-methyl/N-ethyl adjacent to an activating group) is 1. The maximum absolute atomic E-state index is 11.1. The first-order chi connectivity index (χ1) is 15.0. The number of hydrogen-bond acceptors (Lipinski definition) is 5. The minimum Gasteiger partial charge on any atom is -0.370 e. The summed E-state index contributed by atoms with van der Waals surface area (Å²) in [6.45, 7) is 2.88. The summed E-state index contributed by atoms with van der Waals surface area (Å²) < 4.78 is 0. The third-order valence-electron chi connectivity index (χ3n) is 5.83. The van der Waals surface area contributed by atoms with Crippen molar-refractivity contribution in [1.82, 2.24) is 16.0 Å². The molecule has 1 saturated heterocycles. The van der Waals surface area contributed by atoms with Gasteiger partial charge in [-0.1, -0.05) is 30.3 Å². The lowest BCUT2D eigenvalue weighted by atomic mass is 10.00. The fourth-order valence-electron chi connectivity index (χ4n) is 4.10. The van der Waals surface area contributed by atoms with Gasteiger partial charge in [0.25, 0.3) is 0 Å². The molecule has 0 radical (unpaired) electrons. The second-order valence-electron chi connectivity index (χ2n) is 8.06. The molecule has 0 amide bonds. The van der Waals surface area contributed by atoms with Gasteiger partial charge in [-0.3, -0.25) is 4.99 Å². The molecule has 0 spiro atoms. The van der Waals surface area contributed by atoms with Crippen molar-refractivity contribution < 1.29 is 16.7 Å². The highest BCUT2D eigenvalue weighted by atomic mass is 35.5. The molecule has 2 aromatic rings. The molecule has 31 heavy (non-hydrogen) atoms. The molecule has 4 N–H and O–H groups in total. The highest BCUT2D eigenvalue weighted by molar-refractivity contribution is 7.80. The number of thiocarbonyl (C=S) groups is 1. The van der Waals surface area contributed by atoms with Crippen LogP contribution in [0.15, 0.2) is 53.5 Å². The highest BCUT2D eigenvalue weighted by Crippen LogP contribution is 2.30. The summed E-state index contributed by atoms with van der Waals surface area (Å²) in [4.78, 5) is 6.74. The number of nitrogens with zero attached hydrogens (tertiary/aromatic N) is 2. The average Bonchev–Trinajstić information content (AvgIpc) is 2.89. The fraction of sp³-hybridized carbons (Fsp3) is 0.391. The van der Waals surface area contributed by atoms with Crippen LogP contribution in [-0.2, 0) is 0 Å². The van der Waals surface area contributed by atoms with E-state index in [1.54, 1.807) is 0 Å². The van der Waals surface area contributed by atoms with Crippen molar-refractivity contribution in [2.75, 3.05) is 31.6 Å². The molecule has 0 aromatic heterocycles. The fourth-order valence-corrected chi connectivity index (χ4v) is 4.49. The molecule has 0 bridgehead atoms. The summed E-state index contributed by atoms with van der Waals surface area (Å²) in [7, 11) is 1.86. The van der Waals surface area contributed by atoms with E-state index in [1.165, 1.54) is 12.8 Å². The maximum atomic E-state index is 11.1. The van der Waals surface area contributed by atoms with Crippen LogP contribution in [0.5, 0.6) is 0 Å². The molecule has 2 aliphatic rings. The van der Waals surface area contributed by atoms with Crippen molar-refractivity contribution in [3.05, 3.63) is 64.7 Å². The molecule has 0 aliphatic carbocycles. The van der Waals surface area contributed by atoms with Crippen molar-refractivity contribution >= 4 is 28.7 Å². The van der Waals surface area contributed by atoms with Gasteiger partial charge in [-0.15, -0.1) is 0 Å². The zero-order valence-corrected chi connectivity index (χ0v) is 19.2. The second-order valence-corrected chi connectivity index (χ2v) is 8.94. The van der Waals surface area contributed by atoms with Gasteiger partial charge in [0.1, 0.15) is 0 Å². The van der Waals surface area contributed by atoms with E-state index in [0.29, 0.717) is 11.0 Å². The summed E-state index contributed by atoms with van der Waals surface area (Å²) in [5.41, 5.74) is 3.52. The number of benzene rings is 2. The average molecular weight is 459 g/mol. The first-order valence-electron chi connectivity index (χ1n) is 10.6. The van der Waals surface area contributed by atoms with E-state index < -0.39 is 12.4 Å². The van der Waals surface area contributed by atoms with Crippen LogP contribution in [0.2, 0.25) is 5.02 Å². The van der Waals surface area contributed by atoms with E-state index in [1.807, 2.05) is 60.5 Å². The summed E-state index contributed by atoms with van der Waals surface area (Å²) in [6, 6.07) is 15.7. The zero-order chi connectivity index (χ0) is 21.8. The van der Waals surface area contributed by atoms with Crippen molar-refractivity contribution in [3.8, 4) is 0 Å². The maximum Gasteiger partial charge on any atom is 0.226 e. The lowest BCUT2D eigenvalue weighted by Gasteiger charge is -2.30. The van der Waals surface area contributed by atoms with Crippen LogP contribution in [0, 0.1) is 17.5 Å². The van der Waals surface area contributed by atoms with E-state index in [9.17, 15) is 5.11 Å². The first-order valence-corrected chi connectivity index (χ1v) is 11.4. The predicted molar refractivity (Wildman–Crippen MR) is 127 cm³/mol. The van der Waals surface area contributed by atoms with Crippen LogP contribution in [0.4, 0.5) is 5.69 Å². The molecule has 8 heteroatoms. The van der Waals surface area contributed by atoms with Crippen LogP contribution in [0.3, 0.4) is 0 Å². The van der Waals surface area contributed by atoms with Gasteiger partial charge in [0.2, 0.25) is 5.02 Å². The Morgan fingerprint density at radius 3 is 2.84 bits per heavy atom. The summed E-state index contributed by atoms with van der Waals surface area (Å²) in [5, 5.41) is 22.3. The Labute approximate surface area is 193 Å². The van der Waals surface area contributed by atoms with E-state index >= 15 is 0 Å². The molecule has 2 aliphatic heterocycles. The Morgan fingerprint density at radius 1 is 1.29 bits per heavy atom. The van der Waals surface area contributed by atoms with Gasteiger partial charge in [0, 0.05) is 42.5 Å². The van der Waals surface area contributed by atoms with Crippen molar-refractivity contribution in [3.63, 3.8) is 0 Å². The molecule has 4 rings (SSSR count). The van der Waals surface area contributed by atoms with Crippen LogP contribution in [0.1, 0.15) is 24.0 Å². The number of anilines is 1. The first kappa shape index (κ1) is 22.0. The van der Waals surface area contributed by atoms with Crippen LogP contribution in [-0.4, -0.2) is 55.0 Å². The number of piperidine rings is 1. The van der Waals surface area contributed by atoms with Crippen LogP contribution in [0.25, 0.3) is 0 Å². The monoisotopic (exact) mass is 458 g/mol. The SMILES string of the molecule is CN1c2ccc([ClH+])cc2C(c2ccccc2)=NC(NC(=S)NCC2CCCNC2)C1O. The molecule has 3 atom stereocenters. The Balaban J connectivity index is 1.60. The third-order valence-corrected chi connectivity index (χ3v) is 6.34. The molecule has 0 saturated carbocycles. The molecule has 6 nitrogen and oxygen atoms in total. The lowest BCUT2D eigenvalue weighted by Crippen LogP contribution is -2.52. The smallest absolute Gasteiger partial charge is 0.226 e. The van der Waals surface area contributed by atoms with Gasteiger partial charge in [-0.2, -0.15) is 0 Å². The minimum atomic E-state index is -0.896. The van der Waals surface area contributed by atoms with Gasteiger partial charge < -0.3 is 26.0 Å². The highest BCUT2D eigenvalue weighted by Gasteiger charge is 2.31. The van der Waals surface area contributed by atoms with Crippen molar-refractivity contribution in [2.45, 2.75) is 25.2 Å². The largest absolute Gasteiger partial charge is 0.370 e. The Bertz CT molecular complexity index is 948. The number of benzodiazepines with no additional fused rings is 1. The van der Waals surface area contributed by atoms with Crippen molar-refractivity contribution in [1.29, 1.82) is 0 Å². The molecule has 3 unspecified atom stereocenters. The molecule has 1 fully saturated rings. The number of aliphatic hydroxyl groups is 1. The van der Waals surface area contributed by atoms with E-state index in [-0.39, 0.29) is 0 Å². The minimum absolute atomic E-state index is 0.495. The Kier molecular flexibility index (Phi) is 7.07. The normalized spacial score (nSPS) is 23.4. The molecule has 2 aromatic carbocycles. The molecule has 164 valence electrons. The number of rotatable bonds is 4. The molecular formula is C23H29ClN5OS+. The number of hydrogen-bond donors (Lipinski definition) is 4. The van der Waals surface area contributed by atoms with Crippen LogP contribution >= 0.6 is 12.2 Å². The van der Waals surface area contributed by atoms with Gasteiger partial charge in [0.05, 0.1) is 5.71 Å². The quantitative estimate of drug-likeness (QED) is 0.523. The van der Waals surface area contributed by atoms with Gasteiger partial charge in [-0.05, 0) is 50.1 Å². The number of fused-ring (bicyclic) bond motifs is 1. The standard InChI is InChI=1S/C23H28ClN5OS/c1-29-19-10-9-17(24)12-18(19)20(16-7-3-2-4-8-16)27-21(22(29)30)28-23(31)26-14-15-6-5-11-25-13-15/h2-4,7-10,12,15,21-22,24-25,30H,5-6,11,13-14H2,1H3,(H-,26,28,31)/p+1. The number of halogens is 1. The van der Waals surface area contributed by atoms with Gasteiger partial charge >= 0.3 is 0 Å². The second kappa shape index (κ2) is 9.96. The lowest BCUT2D eigenvalue weighted by molar-refractivity contribution is -0.288. The van der Waals surface area contributed by atoms with Crippen LogP contribution < -0.4 is 20.9 Å². The third kappa shape index (κ3) is 5.18. The predicted octanol–water partition coefficient (Wildman–Crippen LogP) is 1.78. The topological polar surface area (TPSA) is 71.9 Å². The van der Waals surface area contributed by atoms with E-state index in [4.69, 9.17) is 28.8 Å². The zero-order valence-electron chi connectivity index (χ0n) is 17.5. The number of aliphatic hydroxyl groups excluding tert-OH is 1. The Morgan fingerprint density at radius 2 is 2.10 bits per heavy atom. The van der Waals surface area contributed by atoms with E-state index in [0.717, 1.165) is 47.2 Å².